The van der Waals surface area contributed by atoms with E-state index >= 15 is 0 Å². The number of hydrogen-bond acceptors (Lipinski definition) is 4. The van der Waals surface area contributed by atoms with Crippen LogP contribution in [0, 0.1) is 0 Å². The minimum atomic E-state index is -0.628. The van der Waals surface area contributed by atoms with Gasteiger partial charge in [-0.15, -0.1) is 0 Å². The minimum Gasteiger partial charge on any atom is -0.383 e. The number of carbonyl (C=O) groups excluding carboxylic acids is 1. The molecule has 1 heterocycles. The zero-order chi connectivity index (χ0) is 14.4. The molecule has 0 aromatic carbocycles. The highest BCUT2D eigenvalue weighted by Gasteiger charge is 2.17. The second kappa shape index (κ2) is 7.25. The van der Waals surface area contributed by atoms with Gasteiger partial charge in [0.1, 0.15) is 6.04 Å². The Labute approximate surface area is 114 Å². The lowest BCUT2D eigenvalue weighted by Crippen LogP contribution is -2.43. The number of nitrogens with two attached hydrogens (primary N) is 1. The van der Waals surface area contributed by atoms with Gasteiger partial charge in [0.15, 0.2) is 0 Å². The summed E-state index contributed by atoms with van der Waals surface area (Å²) in [6.45, 7) is 4.83. The molecule has 0 saturated carbocycles. The normalized spacial score (nSPS) is 12.5. The van der Waals surface area contributed by atoms with Crippen molar-refractivity contribution in [3.05, 3.63) is 17.0 Å². The third-order valence-corrected chi connectivity index (χ3v) is 3.15. The largest absolute Gasteiger partial charge is 0.383 e. The zero-order valence-corrected chi connectivity index (χ0v) is 12.2. The Hall–Kier alpha value is -1.40. The maximum atomic E-state index is 11.8. The predicted molar refractivity (Wildman–Crippen MR) is 73.7 cm³/mol. The van der Waals surface area contributed by atoms with Gasteiger partial charge in [-0.1, -0.05) is 13.8 Å². The summed E-state index contributed by atoms with van der Waals surface area (Å²) in [4.78, 5) is 11.8. The predicted octanol–water partition coefficient (Wildman–Crippen LogP) is 0.135. The van der Waals surface area contributed by atoms with Gasteiger partial charge < -0.3 is 15.8 Å². The van der Waals surface area contributed by atoms with Crippen molar-refractivity contribution in [2.75, 3.05) is 13.7 Å². The molecular formula is C13H24N4O2. The van der Waals surface area contributed by atoms with Gasteiger partial charge in [0, 0.05) is 32.0 Å². The second-order valence-corrected chi connectivity index (χ2v) is 4.48. The van der Waals surface area contributed by atoms with E-state index in [1.165, 1.54) is 7.11 Å². The van der Waals surface area contributed by atoms with Crippen molar-refractivity contribution in [1.29, 1.82) is 0 Å². The van der Waals surface area contributed by atoms with E-state index in [-0.39, 0.29) is 12.5 Å². The number of methoxy groups -OCH3 is 1. The highest BCUT2D eigenvalue weighted by Crippen LogP contribution is 2.15. The molecule has 0 bridgehead atoms. The lowest BCUT2D eigenvalue weighted by molar-refractivity contribution is -0.123. The molecule has 1 aromatic rings. The van der Waals surface area contributed by atoms with Gasteiger partial charge in [-0.25, -0.2) is 0 Å². The maximum Gasteiger partial charge on any atom is 0.239 e. The van der Waals surface area contributed by atoms with Gasteiger partial charge in [0.25, 0.3) is 0 Å². The Bertz CT molecular complexity index is 429. The summed E-state index contributed by atoms with van der Waals surface area (Å²) in [5, 5.41) is 7.32. The minimum absolute atomic E-state index is 0.199. The van der Waals surface area contributed by atoms with Crippen molar-refractivity contribution >= 4 is 5.91 Å². The molecule has 1 rings (SSSR count). The standard InChI is InChI=1S/C13H24N4O2/c1-5-11-9(12(6-2)17(3)16-11)7-15-13(18)10(14)8-19-4/h10H,5-8,14H2,1-4H3,(H,15,18). The summed E-state index contributed by atoms with van der Waals surface area (Å²) >= 11 is 0. The first-order chi connectivity index (χ1) is 9.04. The Morgan fingerprint density at radius 3 is 2.68 bits per heavy atom. The molecule has 0 aliphatic carbocycles. The molecule has 0 radical (unpaired) electrons. The molecule has 1 atom stereocenters. The van der Waals surface area contributed by atoms with Crippen LogP contribution in [-0.2, 0) is 36.0 Å². The van der Waals surface area contributed by atoms with Gasteiger partial charge in [0.05, 0.1) is 12.3 Å². The lowest BCUT2D eigenvalue weighted by Gasteiger charge is -2.12. The molecule has 6 nitrogen and oxygen atoms in total. The van der Waals surface area contributed by atoms with Crippen LogP contribution in [0.15, 0.2) is 0 Å². The molecule has 0 spiro atoms. The first-order valence-electron chi connectivity index (χ1n) is 6.60. The van der Waals surface area contributed by atoms with Gasteiger partial charge in [-0.05, 0) is 12.8 Å². The molecule has 19 heavy (non-hydrogen) atoms. The third kappa shape index (κ3) is 3.78. The van der Waals surface area contributed by atoms with Crippen molar-refractivity contribution in [1.82, 2.24) is 15.1 Å². The fourth-order valence-corrected chi connectivity index (χ4v) is 2.16. The molecule has 1 unspecified atom stereocenters. The van der Waals surface area contributed by atoms with Crippen molar-refractivity contribution < 1.29 is 9.53 Å². The summed E-state index contributed by atoms with van der Waals surface area (Å²) in [6.07, 6.45) is 1.74. The number of ether oxygens (including phenoxy) is 1. The van der Waals surface area contributed by atoms with Gasteiger partial charge >= 0.3 is 0 Å². The molecule has 1 aromatic heterocycles. The van der Waals surface area contributed by atoms with Crippen molar-refractivity contribution in [2.24, 2.45) is 12.8 Å². The zero-order valence-electron chi connectivity index (χ0n) is 12.2. The maximum absolute atomic E-state index is 11.8. The average Bonchev–Trinajstić information content (AvgIpc) is 2.71. The summed E-state index contributed by atoms with van der Waals surface area (Å²) < 4.78 is 6.75. The van der Waals surface area contributed by atoms with Crippen LogP contribution in [0.5, 0.6) is 0 Å². The number of nitrogens with one attached hydrogen (secondary N) is 1. The van der Waals surface area contributed by atoms with Crippen LogP contribution in [-0.4, -0.2) is 35.4 Å². The second-order valence-electron chi connectivity index (χ2n) is 4.48. The summed E-state index contributed by atoms with van der Waals surface area (Å²) in [6, 6.07) is -0.628. The summed E-state index contributed by atoms with van der Waals surface area (Å²) in [5.41, 5.74) is 8.96. The van der Waals surface area contributed by atoms with E-state index in [2.05, 4.69) is 24.3 Å². The fraction of sp³-hybridized carbons (Fsp3) is 0.692. The van der Waals surface area contributed by atoms with E-state index in [4.69, 9.17) is 10.5 Å². The Morgan fingerprint density at radius 2 is 2.16 bits per heavy atom. The van der Waals surface area contributed by atoms with E-state index in [0.29, 0.717) is 6.54 Å². The first kappa shape index (κ1) is 15.7. The third-order valence-electron chi connectivity index (χ3n) is 3.15. The van der Waals surface area contributed by atoms with E-state index in [9.17, 15) is 4.79 Å². The van der Waals surface area contributed by atoms with E-state index in [0.717, 1.165) is 29.8 Å². The molecule has 6 heteroatoms. The van der Waals surface area contributed by atoms with E-state index in [1.807, 2.05) is 11.7 Å². The van der Waals surface area contributed by atoms with Crippen LogP contribution in [0.4, 0.5) is 0 Å². The highest BCUT2D eigenvalue weighted by atomic mass is 16.5. The highest BCUT2D eigenvalue weighted by molar-refractivity contribution is 5.81. The number of nitrogens with zero attached hydrogens (tertiary/aromatic N) is 2. The van der Waals surface area contributed by atoms with Crippen LogP contribution in [0.2, 0.25) is 0 Å². The molecule has 0 fully saturated rings. The van der Waals surface area contributed by atoms with E-state index < -0.39 is 6.04 Å². The molecule has 108 valence electrons. The van der Waals surface area contributed by atoms with Gasteiger partial charge in [-0.2, -0.15) is 5.10 Å². The quantitative estimate of drug-likeness (QED) is 0.736. The van der Waals surface area contributed by atoms with E-state index in [1.54, 1.807) is 0 Å². The number of hydrogen-bond donors (Lipinski definition) is 2. The van der Waals surface area contributed by atoms with Crippen LogP contribution < -0.4 is 11.1 Å². The number of carbonyl (C=O) groups is 1. The lowest BCUT2D eigenvalue weighted by atomic mass is 10.1. The van der Waals surface area contributed by atoms with Crippen LogP contribution in [0.3, 0.4) is 0 Å². The molecule has 3 N–H and O–H groups in total. The van der Waals surface area contributed by atoms with Crippen molar-refractivity contribution in [2.45, 2.75) is 39.3 Å². The Balaban J connectivity index is 2.74. The Kier molecular flexibility index (Phi) is 5.98. The molecule has 0 aliphatic rings. The topological polar surface area (TPSA) is 82.2 Å². The number of aromatic nitrogens is 2. The van der Waals surface area contributed by atoms with Crippen molar-refractivity contribution in [3.63, 3.8) is 0 Å². The Morgan fingerprint density at radius 1 is 1.47 bits per heavy atom. The molecule has 0 saturated heterocycles. The van der Waals surface area contributed by atoms with Gasteiger partial charge in [0.2, 0.25) is 5.91 Å². The molecule has 1 amide bonds. The number of amides is 1. The first-order valence-corrected chi connectivity index (χ1v) is 6.60. The smallest absolute Gasteiger partial charge is 0.239 e. The van der Waals surface area contributed by atoms with Gasteiger partial charge in [-0.3, -0.25) is 9.48 Å². The number of rotatable bonds is 7. The SMILES string of the molecule is CCc1nn(C)c(CC)c1CNC(=O)C(N)COC. The van der Waals surface area contributed by atoms with Crippen LogP contribution in [0.1, 0.15) is 30.8 Å². The molecular weight excluding hydrogens is 244 g/mol. The monoisotopic (exact) mass is 268 g/mol. The van der Waals surface area contributed by atoms with Crippen LogP contribution >= 0.6 is 0 Å². The fourth-order valence-electron chi connectivity index (χ4n) is 2.16. The molecule has 0 aliphatic heterocycles. The van der Waals surface area contributed by atoms with Crippen LogP contribution in [0.25, 0.3) is 0 Å². The van der Waals surface area contributed by atoms with Crippen molar-refractivity contribution in [3.8, 4) is 0 Å². The number of aryl methyl sites for hydroxylation is 2. The summed E-state index contributed by atoms with van der Waals surface area (Å²) in [7, 11) is 3.46. The summed E-state index contributed by atoms with van der Waals surface area (Å²) in [5.74, 6) is -0.199. The average molecular weight is 268 g/mol.